The van der Waals surface area contributed by atoms with Crippen molar-refractivity contribution >= 4 is 17.6 Å². The van der Waals surface area contributed by atoms with E-state index in [1.165, 1.54) is 24.2 Å². The van der Waals surface area contributed by atoms with Gasteiger partial charge in [-0.3, -0.25) is 0 Å². The smallest absolute Gasteiger partial charge is 0.147 e. The predicted octanol–water partition coefficient (Wildman–Crippen LogP) is 3.01. The number of hydrogen-bond acceptors (Lipinski definition) is 5. The summed E-state index contributed by atoms with van der Waals surface area (Å²) >= 11 is 1.29. The van der Waals surface area contributed by atoms with Crippen molar-refractivity contribution in [2.45, 2.75) is 29.7 Å². The molecule has 0 aliphatic heterocycles. The highest BCUT2D eigenvalue weighted by atomic mass is 32.2. The maximum absolute atomic E-state index is 13.7. The number of rotatable bonds is 5. The predicted molar refractivity (Wildman–Crippen MR) is 74.4 cm³/mol. The fraction of sp³-hybridized carbons (Fsp3) is 0.231. The Morgan fingerprint density at radius 2 is 2.11 bits per heavy atom. The Kier molecular flexibility index (Phi) is 4.70. The van der Waals surface area contributed by atoms with E-state index in [4.69, 9.17) is 5.84 Å². The molecule has 0 fully saturated rings. The van der Waals surface area contributed by atoms with Crippen LogP contribution in [0, 0.1) is 5.82 Å². The van der Waals surface area contributed by atoms with Crippen LogP contribution in [0.2, 0.25) is 0 Å². The number of halogens is 1. The summed E-state index contributed by atoms with van der Waals surface area (Å²) in [5.74, 6) is 5.79. The molecule has 0 amide bonds. The van der Waals surface area contributed by atoms with Gasteiger partial charge in [-0.2, -0.15) is 0 Å². The Labute approximate surface area is 115 Å². The number of anilines is 1. The van der Waals surface area contributed by atoms with Crippen LogP contribution >= 0.6 is 11.8 Å². The Morgan fingerprint density at radius 1 is 1.32 bits per heavy atom. The van der Waals surface area contributed by atoms with Crippen molar-refractivity contribution in [2.75, 3.05) is 5.43 Å². The molecule has 0 atom stereocenters. The first kappa shape index (κ1) is 13.8. The molecule has 3 N–H and O–H groups in total. The Balaban J connectivity index is 2.37. The summed E-state index contributed by atoms with van der Waals surface area (Å²) in [6.45, 7) is 2.06. The summed E-state index contributed by atoms with van der Waals surface area (Å²) in [4.78, 5) is 8.86. The molecule has 1 heterocycles. The van der Waals surface area contributed by atoms with Crippen LogP contribution in [0.3, 0.4) is 0 Å². The molecule has 1 aromatic heterocycles. The van der Waals surface area contributed by atoms with Crippen LogP contribution in [0.1, 0.15) is 18.9 Å². The van der Waals surface area contributed by atoms with Crippen molar-refractivity contribution in [1.82, 2.24) is 9.97 Å². The van der Waals surface area contributed by atoms with Gasteiger partial charge < -0.3 is 5.43 Å². The average Bonchev–Trinajstić information content (AvgIpc) is 2.43. The molecule has 0 bridgehead atoms. The fourth-order valence-electron chi connectivity index (χ4n) is 1.72. The molecule has 0 saturated heterocycles. The molecule has 100 valence electrons. The molecule has 6 heteroatoms. The lowest BCUT2D eigenvalue weighted by atomic mass is 10.2. The van der Waals surface area contributed by atoms with E-state index >= 15 is 0 Å². The van der Waals surface area contributed by atoms with E-state index in [0.29, 0.717) is 10.7 Å². The van der Waals surface area contributed by atoms with Crippen LogP contribution in [0.15, 0.2) is 40.5 Å². The average molecular weight is 278 g/mol. The minimum Gasteiger partial charge on any atom is -0.308 e. The first-order valence-electron chi connectivity index (χ1n) is 5.99. The summed E-state index contributed by atoms with van der Waals surface area (Å²) < 4.78 is 13.7. The SMILES string of the molecule is CCCc1c(NN)ncnc1Sc1ccccc1F. The minimum atomic E-state index is -0.254. The van der Waals surface area contributed by atoms with Crippen LogP contribution in [-0.4, -0.2) is 9.97 Å². The van der Waals surface area contributed by atoms with Gasteiger partial charge >= 0.3 is 0 Å². The quantitative estimate of drug-likeness (QED) is 0.500. The Bertz CT molecular complexity index is 562. The van der Waals surface area contributed by atoms with E-state index in [-0.39, 0.29) is 5.82 Å². The van der Waals surface area contributed by atoms with Crippen molar-refractivity contribution in [3.8, 4) is 0 Å². The van der Waals surface area contributed by atoms with Gasteiger partial charge in [0.25, 0.3) is 0 Å². The lowest BCUT2D eigenvalue weighted by Gasteiger charge is -2.11. The zero-order chi connectivity index (χ0) is 13.7. The normalized spacial score (nSPS) is 10.5. The number of nitrogens with two attached hydrogens (primary N) is 1. The second-order valence-electron chi connectivity index (χ2n) is 3.93. The lowest BCUT2D eigenvalue weighted by molar-refractivity contribution is 0.602. The molecular weight excluding hydrogens is 263 g/mol. The Morgan fingerprint density at radius 3 is 2.79 bits per heavy atom. The van der Waals surface area contributed by atoms with Gasteiger partial charge in [0.1, 0.15) is 23.0 Å². The van der Waals surface area contributed by atoms with Gasteiger partial charge in [-0.1, -0.05) is 37.2 Å². The molecule has 0 radical (unpaired) electrons. The van der Waals surface area contributed by atoms with Gasteiger partial charge in [0.05, 0.1) is 0 Å². The number of nitrogens with one attached hydrogen (secondary N) is 1. The molecule has 2 rings (SSSR count). The highest BCUT2D eigenvalue weighted by Gasteiger charge is 2.13. The van der Waals surface area contributed by atoms with Gasteiger partial charge in [0, 0.05) is 10.5 Å². The maximum Gasteiger partial charge on any atom is 0.147 e. The molecule has 1 aromatic carbocycles. The van der Waals surface area contributed by atoms with E-state index in [0.717, 1.165) is 23.4 Å². The number of hydrogen-bond donors (Lipinski definition) is 2. The van der Waals surface area contributed by atoms with Gasteiger partial charge in [0.15, 0.2) is 0 Å². The van der Waals surface area contributed by atoms with Gasteiger partial charge in [-0.25, -0.2) is 20.2 Å². The van der Waals surface area contributed by atoms with Crippen LogP contribution in [0.25, 0.3) is 0 Å². The van der Waals surface area contributed by atoms with Gasteiger partial charge in [-0.05, 0) is 18.6 Å². The van der Waals surface area contributed by atoms with Crippen LogP contribution in [0.5, 0.6) is 0 Å². The summed E-state index contributed by atoms with van der Waals surface area (Å²) in [6.07, 6.45) is 3.15. The minimum absolute atomic E-state index is 0.254. The van der Waals surface area contributed by atoms with Crippen molar-refractivity contribution in [3.05, 3.63) is 42.0 Å². The van der Waals surface area contributed by atoms with Crippen molar-refractivity contribution in [3.63, 3.8) is 0 Å². The summed E-state index contributed by atoms with van der Waals surface area (Å²) in [6, 6.07) is 6.63. The third-order valence-electron chi connectivity index (χ3n) is 2.59. The largest absolute Gasteiger partial charge is 0.308 e. The third kappa shape index (κ3) is 3.21. The highest BCUT2D eigenvalue weighted by Crippen LogP contribution is 2.33. The number of benzene rings is 1. The molecule has 0 spiro atoms. The summed E-state index contributed by atoms with van der Waals surface area (Å²) in [5.41, 5.74) is 3.48. The molecule has 2 aromatic rings. The maximum atomic E-state index is 13.7. The monoisotopic (exact) mass is 278 g/mol. The molecule has 0 saturated carbocycles. The second kappa shape index (κ2) is 6.49. The third-order valence-corrected chi connectivity index (χ3v) is 3.68. The molecule has 0 aliphatic carbocycles. The lowest BCUT2D eigenvalue weighted by Crippen LogP contribution is -2.12. The second-order valence-corrected chi connectivity index (χ2v) is 4.96. The van der Waals surface area contributed by atoms with E-state index < -0.39 is 0 Å². The van der Waals surface area contributed by atoms with Crippen molar-refractivity contribution < 1.29 is 4.39 Å². The molecule has 0 unspecified atom stereocenters. The van der Waals surface area contributed by atoms with Crippen molar-refractivity contribution in [2.24, 2.45) is 5.84 Å². The first-order chi connectivity index (χ1) is 9.26. The number of nitrogens with zero attached hydrogens (tertiary/aromatic N) is 2. The number of aromatic nitrogens is 2. The van der Waals surface area contributed by atoms with E-state index in [9.17, 15) is 4.39 Å². The Hall–Kier alpha value is -1.66. The van der Waals surface area contributed by atoms with Crippen LogP contribution < -0.4 is 11.3 Å². The molecule has 0 aliphatic rings. The molecular formula is C13H15FN4S. The summed E-state index contributed by atoms with van der Waals surface area (Å²) in [7, 11) is 0. The zero-order valence-corrected chi connectivity index (χ0v) is 11.4. The van der Waals surface area contributed by atoms with E-state index in [1.807, 2.05) is 0 Å². The topological polar surface area (TPSA) is 63.8 Å². The number of hydrazine groups is 1. The fourth-order valence-corrected chi connectivity index (χ4v) is 2.66. The van der Waals surface area contributed by atoms with Crippen LogP contribution in [-0.2, 0) is 6.42 Å². The van der Waals surface area contributed by atoms with E-state index in [2.05, 4.69) is 22.3 Å². The standard InChI is InChI=1S/C13H15FN4S/c1-2-5-9-12(18-15)16-8-17-13(9)19-11-7-4-3-6-10(11)14/h3-4,6-8H,2,5,15H2,1H3,(H,16,17,18). The summed E-state index contributed by atoms with van der Waals surface area (Å²) in [5, 5.41) is 0.731. The zero-order valence-electron chi connectivity index (χ0n) is 10.6. The molecule has 4 nitrogen and oxygen atoms in total. The van der Waals surface area contributed by atoms with Gasteiger partial charge in [-0.15, -0.1) is 0 Å². The first-order valence-corrected chi connectivity index (χ1v) is 6.80. The van der Waals surface area contributed by atoms with Gasteiger partial charge in [0.2, 0.25) is 0 Å². The van der Waals surface area contributed by atoms with E-state index in [1.54, 1.807) is 18.2 Å². The van der Waals surface area contributed by atoms with Crippen molar-refractivity contribution in [1.29, 1.82) is 0 Å². The highest BCUT2D eigenvalue weighted by molar-refractivity contribution is 7.99. The molecule has 19 heavy (non-hydrogen) atoms. The van der Waals surface area contributed by atoms with Crippen LogP contribution in [0.4, 0.5) is 10.2 Å². The number of nitrogen functional groups attached to an aromatic ring is 1.